The summed E-state index contributed by atoms with van der Waals surface area (Å²) in [6.07, 6.45) is 0. The van der Waals surface area contributed by atoms with Crippen molar-refractivity contribution in [3.05, 3.63) is 231 Å². The summed E-state index contributed by atoms with van der Waals surface area (Å²) in [5.74, 6) is 3.33. The van der Waals surface area contributed by atoms with Crippen molar-refractivity contribution in [1.82, 2.24) is 39.0 Å². The summed E-state index contributed by atoms with van der Waals surface area (Å²) < 4.78 is 4.80. The number of fused-ring (bicyclic) bond motifs is 7. The highest BCUT2D eigenvalue weighted by Gasteiger charge is 2.25. The van der Waals surface area contributed by atoms with Crippen LogP contribution in [-0.2, 0) is 0 Å². The van der Waals surface area contributed by atoms with Crippen LogP contribution < -0.4 is 0 Å². The third-order valence-corrected chi connectivity index (χ3v) is 12.6. The molecule has 0 saturated heterocycles. The average Bonchev–Trinajstić information content (AvgIpc) is 3.95. The van der Waals surface area contributed by atoms with E-state index >= 15 is 0 Å². The second-order valence-corrected chi connectivity index (χ2v) is 16.7. The van der Waals surface area contributed by atoms with Gasteiger partial charge in [-0.1, -0.05) is 188 Å². The Kier molecular flexibility index (Phi) is 9.31. The molecule has 0 aliphatic carbocycles. The number of hydrogen-bond acceptors (Lipinski definition) is 6. The van der Waals surface area contributed by atoms with Crippen LogP contribution in [0.15, 0.2) is 231 Å². The molecule has 8 heteroatoms. The molecule has 0 unspecified atom stereocenters. The number of para-hydroxylation sites is 3. The predicted molar refractivity (Wildman–Crippen MR) is 275 cm³/mol. The van der Waals surface area contributed by atoms with E-state index in [-0.39, 0.29) is 0 Å². The van der Waals surface area contributed by atoms with Crippen molar-refractivity contribution in [2.75, 3.05) is 0 Å². The number of hydrogen-bond donors (Lipinski definition) is 0. The molecule has 318 valence electrons. The van der Waals surface area contributed by atoms with Gasteiger partial charge < -0.3 is 9.13 Å². The molecule has 0 fully saturated rings. The van der Waals surface area contributed by atoms with E-state index in [4.69, 9.17) is 29.9 Å². The number of rotatable bonds is 8. The molecule has 4 heterocycles. The van der Waals surface area contributed by atoms with Crippen molar-refractivity contribution in [3.8, 4) is 79.7 Å². The lowest BCUT2D eigenvalue weighted by molar-refractivity contribution is 1.06. The third-order valence-electron chi connectivity index (χ3n) is 12.6. The molecule has 0 bridgehead atoms. The summed E-state index contributed by atoms with van der Waals surface area (Å²) in [5, 5.41) is 4.60. The first-order valence-corrected chi connectivity index (χ1v) is 22.6. The van der Waals surface area contributed by atoms with E-state index in [0.717, 1.165) is 83.0 Å². The van der Waals surface area contributed by atoms with E-state index in [1.807, 2.05) is 121 Å². The molecular weight excluding hydrogens is 833 g/mol. The van der Waals surface area contributed by atoms with Gasteiger partial charge in [-0.05, 0) is 42.5 Å². The number of aromatic nitrogens is 8. The lowest BCUT2D eigenvalue weighted by atomic mass is 10.0. The van der Waals surface area contributed by atoms with Crippen LogP contribution in [0.5, 0.6) is 0 Å². The van der Waals surface area contributed by atoms with Crippen molar-refractivity contribution < 1.29 is 0 Å². The topological polar surface area (TPSA) is 87.2 Å². The highest BCUT2D eigenvalue weighted by atomic mass is 15.1. The van der Waals surface area contributed by atoms with Gasteiger partial charge in [0.15, 0.2) is 34.9 Å². The van der Waals surface area contributed by atoms with Crippen LogP contribution >= 0.6 is 0 Å². The molecule has 0 atom stereocenters. The van der Waals surface area contributed by atoms with Crippen LogP contribution in [0.2, 0.25) is 0 Å². The first-order valence-electron chi connectivity index (χ1n) is 22.6. The Labute approximate surface area is 391 Å². The quantitative estimate of drug-likeness (QED) is 0.151. The van der Waals surface area contributed by atoms with Crippen molar-refractivity contribution >= 4 is 43.6 Å². The molecule has 68 heavy (non-hydrogen) atoms. The van der Waals surface area contributed by atoms with Gasteiger partial charge in [-0.3, -0.25) is 0 Å². The highest BCUT2D eigenvalue weighted by molar-refractivity contribution is 6.24. The fraction of sp³-hybridized carbons (Fsp3) is 0. The second kappa shape index (κ2) is 16.2. The maximum Gasteiger partial charge on any atom is 0.166 e. The van der Waals surface area contributed by atoms with Crippen molar-refractivity contribution in [1.29, 1.82) is 0 Å². The molecule has 0 aliphatic heterocycles. The van der Waals surface area contributed by atoms with Gasteiger partial charge in [-0.25, -0.2) is 29.9 Å². The molecule has 9 aromatic carbocycles. The Bertz CT molecular complexity index is 3890. The minimum absolute atomic E-state index is 0.511. The van der Waals surface area contributed by atoms with Gasteiger partial charge in [-0.2, -0.15) is 0 Å². The fourth-order valence-corrected chi connectivity index (χ4v) is 9.51. The zero-order valence-electron chi connectivity index (χ0n) is 36.5. The van der Waals surface area contributed by atoms with E-state index in [1.54, 1.807) is 0 Å². The lowest BCUT2D eigenvalue weighted by Crippen LogP contribution is -2.05. The largest absolute Gasteiger partial charge is 0.307 e. The Hall–Kier alpha value is -9.40. The zero-order valence-corrected chi connectivity index (χ0v) is 36.5. The van der Waals surface area contributed by atoms with Gasteiger partial charge in [0, 0.05) is 60.6 Å². The van der Waals surface area contributed by atoms with Gasteiger partial charge in [0.1, 0.15) is 0 Å². The van der Waals surface area contributed by atoms with Crippen LogP contribution in [0.4, 0.5) is 0 Å². The Morgan fingerprint density at radius 2 is 0.603 bits per heavy atom. The van der Waals surface area contributed by atoms with Crippen molar-refractivity contribution in [3.63, 3.8) is 0 Å². The molecule has 13 aromatic rings. The number of benzene rings is 9. The highest BCUT2D eigenvalue weighted by Crippen LogP contribution is 2.44. The van der Waals surface area contributed by atoms with Gasteiger partial charge in [0.05, 0.1) is 27.8 Å². The van der Waals surface area contributed by atoms with Crippen LogP contribution in [0.1, 0.15) is 0 Å². The first-order chi connectivity index (χ1) is 33.7. The second-order valence-electron chi connectivity index (χ2n) is 16.7. The van der Waals surface area contributed by atoms with Crippen molar-refractivity contribution in [2.24, 2.45) is 0 Å². The fourth-order valence-electron chi connectivity index (χ4n) is 9.51. The SMILES string of the molecule is c1ccc(-c2nc(-c3ccccc3)nc(-c3ccc(-n4c5ccccc5c5ccc6c7ccccc7n(-c7ccccc7)c6c54)c(-c4nc(-c5ccccc5)nc(-c5ccccc5)n4)c3)n2)cc1. The van der Waals surface area contributed by atoms with Crippen molar-refractivity contribution in [2.45, 2.75) is 0 Å². The van der Waals surface area contributed by atoms with Crippen LogP contribution in [0.3, 0.4) is 0 Å². The Balaban J connectivity index is 1.16. The summed E-state index contributed by atoms with van der Waals surface area (Å²) in [5.41, 5.74) is 11.4. The summed E-state index contributed by atoms with van der Waals surface area (Å²) in [6, 6.07) is 79.3. The van der Waals surface area contributed by atoms with E-state index in [9.17, 15) is 0 Å². The Morgan fingerprint density at radius 3 is 1.06 bits per heavy atom. The molecule has 0 radical (unpaired) electrons. The maximum absolute atomic E-state index is 5.36. The van der Waals surface area contributed by atoms with Gasteiger partial charge in [-0.15, -0.1) is 0 Å². The number of nitrogens with zero attached hydrogens (tertiary/aromatic N) is 8. The average molecular weight is 871 g/mol. The third kappa shape index (κ3) is 6.62. The summed E-state index contributed by atoms with van der Waals surface area (Å²) >= 11 is 0. The summed E-state index contributed by atoms with van der Waals surface area (Å²) in [7, 11) is 0. The molecule has 4 aromatic heterocycles. The monoisotopic (exact) mass is 870 g/mol. The molecule has 0 N–H and O–H groups in total. The van der Waals surface area contributed by atoms with Gasteiger partial charge >= 0.3 is 0 Å². The molecule has 0 amide bonds. The molecule has 0 aliphatic rings. The summed E-state index contributed by atoms with van der Waals surface area (Å²) in [6.45, 7) is 0. The zero-order chi connectivity index (χ0) is 45.0. The van der Waals surface area contributed by atoms with Crippen LogP contribution in [-0.4, -0.2) is 39.0 Å². The molecule has 13 rings (SSSR count). The first kappa shape index (κ1) is 39.0. The van der Waals surface area contributed by atoms with E-state index in [1.165, 1.54) is 5.39 Å². The van der Waals surface area contributed by atoms with Gasteiger partial charge in [0.2, 0.25) is 0 Å². The van der Waals surface area contributed by atoms with Gasteiger partial charge in [0.25, 0.3) is 0 Å². The molecular formula is C60H38N8. The van der Waals surface area contributed by atoms with Crippen LogP contribution in [0.25, 0.3) is 123 Å². The molecule has 8 nitrogen and oxygen atoms in total. The van der Waals surface area contributed by atoms with E-state index in [2.05, 4.69) is 118 Å². The lowest BCUT2D eigenvalue weighted by Gasteiger charge is -2.17. The summed E-state index contributed by atoms with van der Waals surface area (Å²) in [4.78, 5) is 31.2. The normalized spacial score (nSPS) is 11.5. The standard InChI is InChI=1S/C60H38N8/c1-6-20-39(21-7-1)55-61-56(40-22-8-2-9-23-40)64-59(63-55)43-34-37-52(49(38-43)60-65-57(41-24-10-3-11-25-41)62-58(66-60)42-26-12-4-13-27-42)68-51-33-19-17-31-46(51)48-36-35-47-45-30-16-18-32-50(45)67(53(47)54(48)68)44-28-14-5-15-29-44/h1-38H. The predicted octanol–water partition coefficient (Wildman–Crippen LogP) is 14.3. The van der Waals surface area contributed by atoms with E-state index in [0.29, 0.717) is 34.9 Å². The smallest absolute Gasteiger partial charge is 0.166 e. The minimum Gasteiger partial charge on any atom is -0.307 e. The Morgan fingerprint density at radius 1 is 0.250 bits per heavy atom. The minimum atomic E-state index is 0.511. The van der Waals surface area contributed by atoms with E-state index < -0.39 is 0 Å². The molecule has 0 spiro atoms. The van der Waals surface area contributed by atoms with Crippen LogP contribution in [0, 0.1) is 0 Å². The molecule has 0 saturated carbocycles. The maximum atomic E-state index is 5.36.